The van der Waals surface area contributed by atoms with Crippen molar-refractivity contribution in [2.45, 2.75) is 93.5 Å². The van der Waals surface area contributed by atoms with Crippen LogP contribution in [0.3, 0.4) is 0 Å². The van der Waals surface area contributed by atoms with E-state index in [-0.39, 0.29) is 0 Å². The lowest BCUT2D eigenvalue weighted by atomic mass is 9.78. The van der Waals surface area contributed by atoms with Crippen LogP contribution in [0, 0.1) is 22.7 Å². The highest BCUT2D eigenvalue weighted by Crippen LogP contribution is 2.32. The van der Waals surface area contributed by atoms with Crippen LogP contribution in [-0.4, -0.2) is 6.04 Å². The molecule has 0 amide bonds. The summed E-state index contributed by atoms with van der Waals surface area (Å²) in [4.78, 5) is 0. The molecule has 3 unspecified atom stereocenters. The molecule has 1 heteroatoms. The summed E-state index contributed by atoms with van der Waals surface area (Å²) in [6.45, 7) is 18.7. The molecule has 0 aliphatic rings. The van der Waals surface area contributed by atoms with E-state index in [2.05, 4.69) is 55.4 Å². The number of rotatable bonds is 8. The highest BCUT2D eigenvalue weighted by molar-refractivity contribution is 4.77. The van der Waals surface area contributed by atoms with Gasteiger partial charge in [-0.15, -0.1) is 0 Å². The van der Waals surface area contributed by atoms with Crippen molar-refractivity contribution in [2.75, 3.05) is 0 Å². The molecule has 0 rings (SSSR count). The Morgan fingerprint density at radius 3 is 1.84 bits per heavy atom. The van der Waals surface area contributed by atoms with E-state index in [1.165, 1.54) is 32.1 Å². The van der Waals surface area contributed by atoms with E-state index >= 15 is 0 Å². The second-order valence-corrected chi connectivity index (χ2v) is 8.81. The van der Waals surface area contributed by atoms with Gasteiger partial charge >= 0.3 is 0 Å². The topological polar surface area (TPSA) is 26.0 Å². The molecule has 0 saturated carbocycles. The van der Waals surface area contributed by atoms with Crippen LogP contribution in [0.15, 0.2) is 0 Å². The summed E-state index contributed by atoms with van der Waals surface area (Å²) in [7, 11) is 0. The molecule has 0 aromatic carbocycles. The third kappa shape index (κ3) is 9.49. The summed E-state index contributed by atoms with van der Waals surface area (Å²) in [5, 5.41) is 0. The normalized spacial score (nSPS) is 18.2. The average molecular weight is 270 g/mol. The molecule has 0 radical (unpaired) electrons. The molecule has 3 atom stereocenters. The smallest absolute Gasteiger partial charge is 0.00648 e. The zero-order valence-electron chi connectivity index (χ0n) is 14.8. The maximum Gasteiger partial charge on any atom is 0.00648 e. The lowest BCUT2D eigenvalue weighted by molar-refractivity contribution is 0.235. The Bertz CT molecular complexity index is 237. The van der Waals surface area contributed by atoms with Crippen molar-refractivity contribution in [3.63, 3.8) is 0 Å². The molecule has 0 fully saturated rings. The molecule has 0 spiro atoms. The molecule has 0 aromatic heterocycles. The Balaban J connectivity index is 4.05. The standard InChI is InChI=1S/C18H39N/c1-9-18(7,8)12-14(2)10-11-16(19)15(3)13-17(4,5)6/h14-16H,9-13,19H2,1-8H3. The molecule has 0 saturated heterocycles. The van der Waals surface area contributed by atoms with Gasteiger partial charge < -0.3 is 5.73 Å². The molecule has 1 nitrogen and oxygen atoms in total. The first-order chi connectivity index (χ1) is 8.47. The fraction of sp³-hybridized carbons (Fsp3) is 1.00. The maximum absolute atomic E-state index is 6.37. The minimum atomic E-state index is 0.367. The van der Waals surface area contributed by atoms with Gasteiger partial charge in [0.1, 0.15) is 0 Å². The number of nitrogens with two attached hydrogens (primary N) is 1. The van der Waals surface area contributed by atoms with Crippen LogP contribution in [0.5, 0.6) is 0 Å². The maximum atomic E-state index is 6.37. The van der Waals surface area contributed by atoms with E-state index in [4.69, 9.17) is 5.73 Å². The first-order valence-electron chi connectivity index (χ1n) is 8.22. The van der Waals surface area contributed by atoms with Crippen LogP contribution >= 0.6 is 0 Å². The highest BCUT2D eigenvalue weighted by atomic mass is 14.6. The summed E-state index contributed by atoms with van der Waals surface area (Å²) in [5.41, 5.74) is 7.25. The number of hydrogen-bond donors (Lipinski definition) is 1. The van der Waals surface area contributed by atoms with Crippen LogP contribution in [0.25, 0.3) is 0 Å². The molecule has 2 N–H and O–H groups in total. The van der Waals surface area contributed by atoms with Gasteiger partial charge in [0.25, 0.3) is 0 Å². The Labute approximate surface area is 122 Å². The van der Waals surface area contributed by atoms with Gasteiger partial charge in [-0.25, -0.2) is 0 Å². The Hall–Kier alpha value is -0.0400. The van der Waals surface area contributed by atoms with Crippen molar-refractivity contribution < 1.29 is 0 Å². The van der Waals surface area contributed by atoms with Crippen molar-refractivity contribution in [2.24, 2.45) is 28.4 Å². The van der Waals surface area contributed by atoms with Crippen LogP contribution in [0.1, 0.15) is 87.5 Å². The molecular weight excluding hydrogens is 230 g/mol. The molecule has 0 aliphatic heterocycles. The van der Waals surface area contributed by atoms with Gasteiger partial charge in [-0.3, -0.25) is 0 Å². The van der Waals surface area contributed by atoms with Crippen LogP contribution in [-0.2, 0) is 0 Å². The summed E-state index contributed by atoms with van der Waals surface area (Å²) >= 11 is 0. The van der Waals surface area contributed by atoms with Crippen molar-refractivity contribution in [3.8, 4) is 0 Å². The third-order valence-corrected chi connectivity index (χ3v) is 4.52. The predicted octanol–water partition coefficient (Wildman–Crippen LogP) is 5.63. The van der Waals surface area contributed by atoms with Crippen molar-refractivity contribution in [1.29, 1.82) is 0 Å². The second kappa shape index (κ2) is 7.67. The first-order valence-corrected chi connectivity index (χ1v) is 8.22. The Morgan fingerprint density at radius 2 is 1.42 bits per heavy atom. The molecular formula is C18H39N. The zero-order chi connectivity index (χ0) is 15.3. The van der Waals surface area contributed by atoms with Crippen molar-refractivity contribution in [1.82, 2.24) is 0 Å². The van der Waals surface area contributed by atoms with E-state index in [1.54, 1.807) is 0 Å². The SMILES string of the molecule is CCC(C)(C)CC(C)CCC(N)C(C)CC(C)(C)C. The predicted molar refractivity (Wildman–Crippen MR) is 88.3 cm³/mol. The molecule has 0 heterocycles. The summed E-state index contributed by atoms with van der Waals surface area (Å²) in [5.74, 6) is 1.43. The number of hydrogen-bond acceptors (Lipinski definition) is 1. The van der Waals surface area contributed by atoms with Gasteiger partial charge in [0, 0.05) is 6.04 Å². The fourth-order valence-corrected chi connectivity index (χ4v) is 3.07. The molecule has 0 aromatic rings. The Morgan fingerprint density at radius 1 is 0.895 bits per heavy atom. The van der Waals surface area contributed by atoms with Crippen molar-refractivity contribution >= 4 is 0 Å². The van der Waals surface area contributed by atoms with E-state index in [9.17, 15) is 0 Å². The molecule has 0 aliphatic carbocycles. The molecule has 0 bridgehead atoms. The lowest BCUT2D eigenvalue weighted by Gasteiger charge is -2.30. The van der Waals surface area contributed by atoms with Gasteiger partial charge in [-0.05, 0) is 48.3 Å². The van der Waals surface area contributed by atoms with Gasteiger partial charge in [0.15, 0.2) is 0 Å². The zero-order valence-corrected chi connectivity index (χ0v) is 14.8. The van der Waals surface area contributed by atoms with Crippen LogP contribution in [0.2, 0.25) is 0 Å². The first kappa shape index (κ1) is 19.0. The lowest BCUT2D eigenvalue weighted by Crippen LogP contribution is -2.31. The molecule has 19 heavy (non-hydrogen) atoms. The van der Waals surface area contributed by atoms with Gasteiger partial charge in [-0.2, -0.15) is 0 Å². The quantitative estimate of drug-likeness (QED) is 0.607. The van der Waals surface area contributed by atoms with Crippen LogP contribution in [0.4, 0.5) is 0 Å². The van der Waals surface area contributed by atoms with E-state index in [0.717, 1.165) is 5.92 Å². The van der Waals surface area contributed by atoms with Gasteiger partial charge in [0.2, 0.25) is 0 Å². The van der Waals surface area contributed by atoms with Gasteiger partial charge in [-0.1, -0.05) is 61.8 Å². The summed E-state index contributed by atoms with van der Waals surface area (Å²) < 4.78 is 0. The fourth-order valence-electron chi connectivity index (χ4n) is 3.07. The van der Waals surface area contributed by atoms with Gasteiger partial charge in [0.05, 0.1) is 0 Å². The molecule has 116 valence electrons. The second-order valence-electron chi connectivity index (χ2n) is 8.81. The Kier molecular flexibility index (Phi) is 7.65. The van der Waals surface area contributed by atoms with E-state index in [1.807, 2.05) is 0 Å². The highest BCUT2D eigenvalue weighted by Gasteiger charge is 2.22. The minimum Gasteiger partial charge on any atom is -0.327 e. The monoisotopic (exact) mass is 269 g/mol. The van der Waals surface area contributed by atoms with Crippen molar-refractivity contribution in [3.05, 3.63) is 0 Å². The third-order valence-electron chi connectivity index (χ3n) is 4.52. The summed E-state index contributed by atoms with van der Waals surface area (Å²) in [6.07, 6.45) is 6.27. The average Bonchev–Trinajstić information content (AvgIpc) is 2.23. The van der Waals surface area contributed by atoms with E-state index in [0.29, 0.717) is 22.8 Å². The van der Waals surface area contributed by atoms with Crippen LogP contribution < -0.4 is 5.73 Å². The van der Waals surface area contributed by atoms with E-state index < -0.39 is 0 Å². The minimum absolute atomic E-state index is 0.367. The largest absolute Gasteiger partial charge is 0.327 e. The summed E-state index contributed by atoms with van der Waals surface area (Å²) in [6, 6.07) is 0.367.